The van der Waals surface area contributed by atoms with Crippen LogP contribution in [0.3, 0.4) is 0 Å². The first-order chi connectivity index (χ1) is 33.4. The summed E-state index contributed by atoms with van der Waals surface area (Å²) in [7, 11) is 0. The molecule has 0 unspecified atom stereocenters. The topological polar surface area (TPSA) is 206 Å². The summed E-state index contributed by atoms with van der Waals surface area (Å²) >= 11 is 0. The number of carboxylic acids is 1. The number of carbonyl (C=O) groups is 6. The molecule has 4 aromatic carbocycles. The van der Waals surface area contributed by atoms with Crippen LogP contribution in [0.25, 0.3) is 0 Å². The highest BCUT2D eigenvalue weighted by Crippen LogP contribution is 2.18. The van der Waals surface area contributed by atoms with Gasteiger partial charge in [-0.25, -0.2) is 4.79 Å². The number of carbonyl (C=O) groups excluding carboxylic acids is 5. The first kappa shape index (κ1) is 55.1. The maximum atomic E-state index is 13.6. The molecule has 0 saturated carbocycles. The van der Waals surface area contributed by atoms with Crippen LogP contribution in [0.5, 0.6) is 5.75 Å². The lowest BCUT2D eigenvalue weighted by atomic mass is 9.97. The van der Waals surface area contributed by atoms with Crippen LogP contribution in [0.4, 0.5) is 0 Å². The Labute approximate surface area is 409 Å². The Morgan fingerprint density at radius 3 is 1.36 bits per heavy atom. The molecule has 0 saturated heterocycles. The van der Waals surface area contributed by atoms with E-state index in [1.165, 1.54) is 0 Å². The van der Waals surface area contributed by atoms with Crippen molar-refractivity contribution in [2.75, 3.05) is 0 Å². The summed E-state index contributed by atoms with van der Waals surface area (Å²) in [4.78, 5) is 77.3. The second kappa shape index (κ2) is 31.5. The van der Waals surface area contributed by atoms with Crippen molar-refractivity contribution in [1.82, 2.24) is 21.3 Å². The molecule has 5 atom stereocenters. The number of ether oxygens (including phenoxy) is 1. The number of unbranched alkanes of at least 4 members (excludes halogenated alkanes) is 11. The molecule has 13 heteroatoms. The van der Waals surface area contributed by atoms with Crippen LogP contribution in [0.15, 0.2) is 115 Å². The second-order valence-corrected chi connectivity index (χ2v) is 18.2. The Hall–Kier alpha value is -6.50. The maximum absolute atomic E-state index is 13.6. The fourth-order valence-corrected chi connectivity index (χ4v) is 8.12. The van der Waals surface area contributed by atoms with E-state index >= 15 is 0 Å². The molecule has 69 heavy (non-hydrogen) atoms. The van der Waals surface area contributed by atoms with Gasteiger partial charge in [0, 0.05) is 32.1 Å². The molecule has 372 valence electrons. The Morgan fingerprint density at radius 2 is 0.899 bits per heavy atom. The van der Waals surface area contributed by atoms with E-state index in [0.29, 0.717) is 31.6 Å². The molecule has 0 fully saturated rings. The monoisotopic (exact) mass is 946 g/mol. The van der Waals surface area contributed by atoms with Crippen LogP contribution in [-0.2, 0) is 54.6 Å². The largest absolute Gasteiger partial charge is 0.489 e. The smallest absolute Gasteiger partial charge is 0.326 e. The second-order valence-electron chi connectivity index (χ2n) is 18.2. The van der Waals surface area contributed by atoms with Crippen LogP contribution < -0.4 is 31.7 Å². The van der Waals surface area contributed by atoms with Gasteiger partial charge in [-0.2, -0.15) is 0 Å². The van der Waals surface area contributed by atoms with Crippen LogP contribution in [0, 0.1) is 5.92 Å². The summed E-state index contributed by atoms with van der Waals surface area (Å²) in [5.74, 6) is -2.59. The first-order valence-corrected chi connectivity index (χ1v) is 25.0. The minimum atomic E-state index is -1.16. The summed E-state index contributed by atoms with van der Waals surface area (Å²) in [6, 6.07) is 31.9. The quantitative estimate of drug-likeness (QED) is 0.0251. The number of hydrogen-bond acceptors (Lipinski definition) is 7. The van der Waals surface area contributed by atoms with Gasteiger partial charge in [0.15, 0.2) is 0 Å². The van der Waals surface area contributed by atoms with Gasteiger partial charge in [-0.3, -0.25) is 24.0 Å². The molecule has 0 radical (unpaired) electrons. The average Bonchev–Trinajstić information content (AvgIpc) is 3.35. The fraction of sp³-hybridized carbons (Fsp3) is 0.464. The molecule has 7 N–H and O–H groups in total. The summed E-state index contributed by atoms with van der Waals surface area (Å²) in [6.07, 6.45) is 13.9. The lowest BCUT2D eigenvalue weighted by molar-refractivity contribution is -0.142. The first-order valence-electron chi connectivity index (χ1n) is 25.0. The van der Waals surface area contributed by atoms with Gasteiger partial charge >= 0.3 is 5.97 Å². The fourth-order valence-electron chi connectivity index (χ4n) is 8.12. The van der Waals surface area contributed by atoms with Gasteiger partial charge in [0.05, 0.1) is 0 Å². The molecule has 13 nitrogen and oxygen atoms in total. The van der Waals surface area contributed by atoms with Crippen molar-refractivity contribution in [3.8, 4) is 5.75 Å². The molecular weight excluding hydrogens is 871 g/mol. The molecule has 4 aromatic rings. The van der Waals surface area contributed by atoms with Crippen LogP contribution in [0.1, 0.15) is 132 Å². The Bertz CT molecular complexity index is 2140. The van der Waals surface area contributed by atoms with E-state index in [-0.39, 0.29) is 43.4 Å². The molecular formula is C56H75N5O8. The van der Waals surface area contributed by atoms with Crippen LogP contribution in [-0.4, -0.2) is 64.8 Å². The standard InChI is InChI=1S/C56H75N5O8/c1-3-41(2)52(55(66)59-47(53(57)64)37-42-25-17-14-18-26-42)61-51(63)32-24-13-11-9-7-5-4-6-8-10-12-23-31-50(62)58-48(54(65)60-49(56(67)68)39-43-27-19-15-20-28-43)38-44-33-35-46(36-34-44)69-40-45-29-21-16-22-30-45/h14-22,25-30,33-36,41,47-49,52H,3-13,23-24,31-32,37-40H2,1-2H3,(H2,57,64)(H,58,62)(H,59,66)(H,60,65)(H,61,63)(H,67,68)/t41-,47-,48-,49-,52-/m0/s1. The molecule has 0 spiro atoms. The third-order valence-electron chi connectivity index (χ3n) is 12.5. The van der Waals surface area contributed by atoms with Crippen molar-refractivity contribution < 1.29 is 38.6 Å². The molecule has 0 aliphatic carbocycles. The molecule has 0 bridgehead atoms. The highest BCUT2D eigenvalue weighted by molar-refractivity contribution is 5.92. The predicted octanol–water partition coefficient (Wildman–Crippen LogP) is 8.31. The van der Waals surface area contributed by atoms with Crippen molar-refractivity contribution in [2.24, 2.45) is 11.7 Å². The number of rotatable bonds is 34. The number of nitrogens with one attached hydrogen (secondary N) is 4. The SMILES string of the molecule is CC[C@H](C)[C@H](NC(=O)CCCCCCCCCCCCCCC(=O)N[C@@H](Cc1ccc(OCc2ccccc2)cc1)C(=O)N[C@@H](Cc1ccccc1)C(=O)O)C(=O)N[C@@H](Cc1ccccc1)C(N)=O. The van der Waals surface area contributed by atoms with Crippen molar-refractivity contribution in [2.45, 2.75) is 160 Å². The van der Waals surface area contributed by atoms with Gasteiger partial charge < -0.3 is 36.8 Å². The molecule has 4 rings (SSSR count). The number of nitrogens with two attached hydrogens (primary N) is 1. The third kappa shape index (κ3) is 22.0. The zero-order valence-corrected chi connectivity index (χ0v) is 40.7. The predicted molar refractivity (Wildman–Crippen MR) is 270 cm³/mol. The lowest BCUT2D eigenvalue weighted by Gasteiger charge is -2.26. The average molecular weight is 946 g/mol. The zero-order valence-electron chi connectivity index (χ0n) is 40.7. The van der Waals surface area contributed by atoms with E-state index in [1.54, 1.807) is 0 Å². The number of hydrogen-bond donors (Lipinski definition) is 6. The summed E-state index contributed by atoms with van der Waals surface area (Å²) < 4.78 is 5.92. The molecule has 0 aromatic heterocycles. The van der Waals surface area contributed by atoms with E-state index in [4.69, 9.17) is 10.5 Å². The zero-order chi connectivity index (χ0) is 49.6. The Morgan fingerprint density at radius 1 is 0.493 bits per heavy atom. The number of primary amides is 1. The summed E-state index contributed by atoms with van der Waals surface area (Å²) in [5, 5.41) is 21.2. The number of benzene rings is 4. The number of amides is 5. The maximum Gasteiger partial charge on any atom is 0.326 e. The molecule has 5 amide bonds. The lowest BCUT2D eigenvalue weighted by Crippen LogP contribution is -2.55. The van der Waals surface area contributed by atoms with Gasteiger partial charge in [-0.1, -0.05) is 188 Å². The minimum Gasteiger partial charge on any atom is -0.489 e. The molecule has 0 heterocycles. The van der Waals surface area contributed by atoms with Crippen LogP contribution >= 0.6 is 0 Å². The van der Waals surface area contributed by atoms with Crippen LogP contribution in [0.2, 0.25) is 0 Å². The summed E-state index contributed by atoms with van der Waals surface area (Å²) in [5.41, 5.74) is 9.11. The summed E-state index contributed by atoms with van der Waals surface area (Å²) in [6.45, 7) is 4.28. The highest BCUT2D eigenvalue weighted by atomic mass is 16.5. The van der Waals surface area contributed by atoms with Gasteiger partial charge in [-0.15, -0.1) is 0 Å². The van der Waals surface area contributed by atoms with E-state index in [0.717, 1.165) is 92.9 Å². The highest BCUT2D eigenvalue weighted by Gasteiger charge is 2.30. The number of carboxylic acid groups (broad SMARTS) is 1. The van der Waals surface area contributed by atoms with E-state index in [9.17, 15) is 33.9 Å². The third-order valence-corrected chi connectivity index (χ3v) is 12.5. The van der Waals surface area contributed by atoms with Gasteiger partial charge in [0.25, 0.3) is 0 Å². The van der Waals surface area contributed by atoms with Gasteiger partial charge in [0.1, 0.15) is 36.5 Å². The van der Waals surface area contributed by atoms with Gasteiger partial charge in [0.2, 0.25) is 29.5 Å². The Kier molecular flexibility index (Phi) is 25.2. The van der Waals surface area contributed by atoms with E-state index in [2.05, 4.69) is 21.3 Å². The minimum absolute atomic E-state index is 0.113. The Balaban J connectivity index is 1.10. The van der Waals surface area contributed by atoms with Crippen molar-refractivity contribution in [3.63, 3.8) is 0 Å². The van der Waals surface area contributed by atoms with Crippen molar-refractivity contribution in [3.05, 3.63) is 138 Å². The van der Waals surface area contributed by atoms with Gasteiger partial charge in [-0.05, 0) is 53.1 Å². The van der Waals surface area contributed by atoms with Crippen molar-refractivity contribution in [1.29, 1.82) is 0 Å². The normalized spacial score (nSPS) is 13.2. The molecule has 0 aliphatic heterocycles. The van der Waals surface area contributed by atoms with E-state index in [1.807, 2.05) is 129 Å². The van der Waals surface area contributed by atoms with E-state index < -0.39 is 47.9 Å². The molecule has 0 aliphatic rings. The number of aliphatic carboxylic acids is 1. The van der Waals surface area contributed by atoms with Crippen molar-refractivity contribution >= 4 is 35.5 Å².